The van der Waals surface area contributed by atoms with Gasteiger partial charge in [-0.05, 0) is 19.9 Å². The first-order valence-corrected chi connectivity index (χ1v) is 3.20. The summed E-state index contributed by atoms with van der Waals surface area (Å²) in [5.74, 6) is 0.755. The van der Waals surface area contributed by atoms with Crippen LogP contribution >= 0.6 is 0 Å². The van der Waals surface area contributed by atoms with Gasteiger partial charge in [0.05, 0.1) is 6.10 Å². The Labute approximate surface area is 65.4 Å². The molecule has 0 rings (SSSR count). The Morgan fingerprint density at radius 3 is 2.45 bits per heavy atom. The average Bonchev–Trinajstić information content (AvgIpc) is 1.88. The number of carbonyl (C=O) groups is 1. The van der Waals surface area contributed by atoms with Crippen molar-refractivity contribution in [2.45, 2.75) is 20.0 Å². The highest BCUT2D eigenvalue weighted by atomic mass is 16.5. The molecule has 0 aliphatic rings. The lowest BCUT2D eigenvalue weighted by molar-refractivity contribution is -0.142. The van der Waals surface area contributed by atoms with E-state index in [1.54, 1.807) is 13.8 Å². The molecular weight excluding hydrogens is 144 g/mol. The van der Waals surface area contributed by atoms with Crippen molar-refractivity contribution in [3.63, 3.8) is 0 Å². The van der Waals surface area contributed by atoms with Gasteiger partial charge in [0.25, 0.3) is 0 Å². The van der Waals surface area contributed by atoms with Gasteiger partial charge in [0.1, 0.15) is 11.5 Å². The van der Waals surface area contributed by atoms with Gasteiger partial charge in [0, 0.05) is 0 Å². The van der Waals surface area contributed by atoms with E-state index in [1.807, 2.05) is 0 Å². The summed E-state index contributed by atoms with van der Waals surface area (Å²) < 4.78 is 4.68. The van der Waals surface area contributed by atoms with E-state index in [-0.39, 0.29) is 11.7 Å². The Balaban J connectivity index is 4.24. The van der Waals surface area contributed by atoms with E-state index in [9.17, 15) is 9.59 Å². The second kappa shape index (κ2) is 4.47. The molecule has 0 aromatic heterocycles. The molecule has 0 aromatic carbocycles. The summed E-state index contributed by atoms with van der Waals surface area (Å²) in [5, 5.41) is 0. The highest BCUT2D eigenvalue weighted by Gasteiger charge is 2.09. The molecule has 0 radical (unpaired) electrons. The van der Waals surface area contributed by atoms with Gasteiger partial charge in [0.2, 0.25) is 0 Å². The summed E-state index contributed by atoms with van der Waals surface area (Å²) in [4.78, 5) is 20.8. The number of esters is 1. The van der Waals surface area contributed by atoms with Crippen molar-refractivity contribution in [2.75, 3.05) is 0 Å². The first-order valence-electron chi connectivity index (χ1n) is 3.20. The van der Waals surface area contributed by atoms with E-state index in [4.69, 9.17) is 0 Å². The summed E-state index contributed by atoms with van der Waals surface area (Å²) in [6, 6.07) is 0. The van der Waals surface area contributed by atoms with Crippen LogP contribution in [0.5, 0.6) is 0 Å². The lowest BCUT2D eigenvalue weighted by Crippen LogP contribution is -2.12. The van der Waals surface area contributed by atoms with Gasteiger partial charge in [-0.3, -0.25) is 0 Å². The fourth-order valence-corrected chi connectivity index (χ4v) is 0.444. The summed E-state index contributed by atoms with van der Waals surface area (Å²) in [7, 11) is 0. The smallest absolute Gasteiger partial charge is 0.349 e. The predicted octanol–water partition coefficient (Wildman–Crippen LogP) is 0.882. The molecule has 11 heavy (non-hydrogen) atoms. The Morgan fingerprint density at radius 2 is 2.18 bits per heavy atom. The van der Waals surface area contributed by atoms with Gasteiger partial charge >= 0.3 is 5.97 Å². The van der Waals surface area contributed by atoms with E-state index in [1.165, 1.54) is 5.94 Å². The van der Waals surface area contributed by atoms with E-state index >= 15 is 0 Å². The highest BCUT2D eigenvalue weighted by Crippen LogP contribution is 1.97. The molecule has 0 amide bonds. The molecule has 0 aromatic rings. The third-order valence-corrected chi connectivity index (χ3v) is 0.877. The molecule has 3 nitrogen and oxygen atoms in total. The predicted molar refractivity (Wildman–Crippen MR) is 40.6 cm³/mol. The van der Waals surface area contributed by atoms with Crippen molar-refractivity contribution in [3.8, 4) is 0 Å². The van der Waals surface area contributed by atoms with Gasteiger partial charge in [0.15, 0.2) is 0 Å². The van der Waals surface area contributed by atoms with Crippen molar-refractivity contribution < 1.29 is 14.3 Å². The molecule has 0 aliphatic carbocycles. The molecule has 3 heteroatoms. The van der Waals surface area contributed by atoms with Crippen LogP contribution in [0, 0.1) is 0 Å². The van der Waals surface area contributed by atoms with Gasteiger partial charge in [-0.2, -0.15) is 0 Å². The van der Waals surface area contributed by atoms with Gasteiger partial charge in [-0.1, -0.05) is 6.58 Å². The topological polar surface area (TPSA) is 43.4 Å². The fraction of sp³-hybridized carbons (Fsp3) is 0.375. The van der Waals surface area contributed by atoms with E-state index in [2.05, 4.69) is 11.3 Å². The Kier molecular flexibility index (Phi) is 3.93. The zero-order valence-corrected chi connectivity index (χ0v) is 6.59. The third kappa shape index (κ3) is 3.38. The molecule has 0 heterocycles. The minimum absolute atomic E-state index is 0.168. The second-order valence-corrected chi connectivity index (χ2v) is 2.17. The molecule has 0 bridgehead atoms. The minimum atomic E-state index is -0.676. The monoisotopic (exact) mass is 154 g/mol. The number of rotatable bonds is 3. The lowest BCUT2D eigenvalue weighted by Gasteiger charge is -2.05. The van der Waals surface area contributed by atoms with Crippen LogP contribution in [0.25, 0.3) is 0 Å². The van der Waals surface area contributed by atoms with Crippen LogP contribution in [0.4, 0.5) is 0 Å². The lowest BCUT2D eigenvalue weighted by atomic mass is 10.3. The number of hydrogen-bond acceptors (Lipinski definition) is 3. The largest absolute Gasteiger partial charge is 0.459 e. The summed E-state index contributed by atoms with van der Waals surface area (Å²) in [6.45, 7) is 6.66. The molecule has 0 atom stereocenters. The SMILES string of the molecule is C=CC(=C=O)C(=O)OC(C)C. The third-order valence-electron chi connectivity index (χ3n) is 0.877. The van der Waals surface area contributed by atoms with Crippen LogP contribution in [-0.4, -0.2) is 18.0 Å². The normalized spacial score (nSPS) is 8.64. The fourth-order valence-electron chi connectivity index (χ4n) is 0.444. The summed E-state index contributed by atoms with van der Waals surface area (Å²) >= 11 is 0. The van der Waals surface area contributed by atoms with Crippen LogP contribution in [0.3, 0.4) is 0 Å². The molecule has 0 saturated carbocycles. The van der Waals surface area contributed by atoms with Gasteiger partial charge in [-0.15, -0.1) is 0 Å². The maximum absolute atomic E-state index is 10.8. The average molecular weight is 154 g/mol. The number of carbonyl (C=O) groups excluding carboxylic acids is 2. The van der Waals surface area contributed by atoms with E-state index in [0.717, 1.165) is 6.08 Å². The number of ether oxygens (including phenoxy) is 1. The summed E-state index contributed by atoms with van der Waals surface area (Å²) in [5.41, 5.74) is -0.168. The molecule has 0 fully saturated rings. The number of hydrogen-bond donors (Lipinski definition) is 0. The Morgan fingerprint density at radius 1 is 1.64 bits per heavy atom. The molecule has 0 unspecified atom stereocenters. The van der Waals surface area contributed by atoms with E-state index < -0.39 is 5.97 Å². The minimum Gasteiger partial charge on any atom is -0.459 e. The van der Waals surface area contributed by atoms with E-state index in [0.29, 0.717) is 0 Å². The Hall–Kier alpha value is -1.34. The second-order valence-electron chi connectivity index (χ2n) is 2.17. The molecule has 0 spiro atoms. The molecular formula is C8H10O3. The molecule has 0 N–H and O–H groups in total. The van der Waals surface area contributed by atoms with Crippen LogP contribution in [0.2, 0.25) is 0 Å². The van der Waals surface area contributed by atoms with Gasteiger partial charge in [-0.25, -0.2) is 9.59 Å². The highest BCUT2D eigenvalue weighted by molar-refractivity contribution is 5.99. The zero-order valence-electron chi connectivity index (χ0n) is 6.59. The molecule has 60 valence electrons. The van der Waals surface area contributed by atoms with Crippen molar-refractivity contribution in [1.29, 1.82) is 0 Å². The van der Waals surface area contributed by atoms with Crippen molar-refractivity contribution in [1.82, 2.24) is 0 Å². The van der Waals surface area contributed by atoms with Crippen molar-refractivity contribution in [2.24, 2.45) is 0 Å². The van der Waals surface area contributed by atoms with Crippen LogP contribution in [-0.2, 0) is 14.3 Å². The maximum atomic E-state index is 10.8. The van der Waals surface area contributed by atoms with Crippen molar-refractivity contribution >= 4 is 11.9 Å². The Bertz CT molecular complexity index is 209. The van der Waals surface area contributed by atoms with Crippen LogP contribution in [0.15, 0.2) is 18.2 Å². The molecule has 0 aliphatic heterocycles. The van der Waals surface area contributed by atoms with Crippen molar-refractivity contribution in [3.05, 3.63) is 18.2 Å². The first kappa shape index (κ1) is 9.66. The standard InChI is InChI=1S/C8H10O3/c1-4-7(5-9)8(10)11-6(2)3/h4,6H,1H2,2-3H3. The summed E-state index contributed by atoms with van der Waals surface area (Å²) in [6.07, 6.45) is 0.892. The van der Waals surface area contributed by atoms with Crippen LogP contribution < -0.4 is 0 Å². The van der Waals surface area contributed by atoms with Crippen LogP contribution in [0.1, 0.15) is 13.8 Å². The zero-order chi connectivity index (χ0) is 8.85. The maximum Gasteiger partial charge on any atom is 0.349 e. The van der Waals surface area contributed by atoms with Gasteiger partial charge < -0.3 is 4.74 Å². The quantitative estimate of drug-likeness (QED) is 0.262. The molecule has 0 saturated heterocycles. The first-order chi connectivity index (χ1) is 5.11.